The smallest absolute Gasteiger partial charge is 0.208 e. The summed E-state index contributed by atoms with van der Waals surface area (Å²) < 4.78 is 26.0. The number of nitrogens with one attached hydrogen (secondary N) is 2. The largest absolute Gasteiger partial charge is 0.311 e. The lowest BCUT2D eigenvalue weighted by atomic mass is 10.2. The Labute approximate surface area is 118 Å². The highest BCUT2D eigenvalue weighted by molar-refractivity contribution is 9.13. The molecule has 0 unspecified atom stereocenters. The second-order valence-corrected chi connectivity index (χ2v) is 7.13. The van der Waals surface area contributed by atoms with Gasteiger partial charge in [-0.2, -0.15) is 0 Å². The highest BCUT2D eigenvalue weighted by Crippen LogP contribution is 2.23. The summed E-state index contributed by atoms with van der Waals surface area (Å²) in [5.74, 6) is 0. The monoisotopic (exact) mass is 384 g/mol. The second-order valence-electron chi connectivity index (χ2n) is 3.59. The molecule has 2 N–H and O–H groups in total. The molecule has 0 aliphatic carbocycles. The summed E-state index contributed by atoms with van der Waals surface area (Å²) >= 11 is 6.83. The number of halogens is 2. The van der Waals surface area contributed by atoms with E-state index < -0.39 is 10.0 Å². The quantitative estimate of drug-likeness (QED) is 0.734. The maximum absolute atomic E-state index is 10.8. The SMILES string of the molecule is CS(=O)(=O)NCCNCc1ccc(Br)c(Br)c1. The molecule has 0 aliphatic heterocycles. The van der Waals surface area contributed by atoms with Crippen molar-refractivity contribution in [2.75, 3.05) is 19.3 Å². The minimum absolute atomic E-state index is 0.399. The first-order chi connectivity index (χ1) is 7.88. The van der Waals surface area contributed by atoms with Crippen LogP contribution in [0.1, 0.15) is 5.56 Å². The highest BCUT2D eigenvalue weighted by Gasteiger charge is 2.00. The number of hydrogen-bond donors (Lipinski definition) is 2. The van der Waals surface area contributed by atoms with E-state index in [0.717, 1.165) is 20.8 Å². The van der Waals surface area contributed by atoms with E-state index >= 15 is 0 Å². The highest BCUT2D eigenvalue weighted by atomic mass is 79.9. The fourth-order valence-electron chi connectivity index (χ4n) is 1.21. The molecule has 0 radical (unpaired) electrons. The van der Waals surface area contributed by atoms with Crippen LogP contribution in [0.3, 0.4) is 0 Å². The molecule has 4 nitrogen and oxygen atoms in total. The Morgan fingerprint density at radius 3 is 2.47 bits per heavy atom. The van der Waals surface area contributed by atoms with E-state index in [1.54, 1.807) is 0 Å². The first kappa shape index (κ1) is 15.1. The molecule has 0 fully saturated rings. The first-order valence-corrected chi connectivity index (χ1v) is 8.45. The van der Waals surface area contributed by atoms with Crippen molar-refractivity contribution in [1.29, 1.82) is 0 Å². The molecular weight excluding hydrogens is 372 g/mol. The molecule has 1 aromatic rings. The average Bonchev–Trinajstić information content (AvgIpc) is 2.21. The lowest BCUT2D eigenvalue weighted by Gasteiger charge is -2.06. The predicted octanol–water partition coefficient (Wildman–Crippen LogP) is 1.85. The Kier molecular flexibility index (Phi) is 6.08. The number of hydrogen-bond acceptors (Lipinski definition) is 3. The number of sulfonamides is 1. The van der Waals surface area contributed by atoms with Crippen LogP contribution >= 0.6 is 31.9 Å². The van der Waals surface area contributed by atoms with Gasteiger partial charge in [0.2, 0.25) is 10.0 Å². The molecule has 0 aliphatic rings. The van der Waals surface area contributed by atoms with Crippen molar-refractivity contribution in [3.8, 4) is 0 Å². The zero-order valence-corrected chi connectivity index (χ0v) is 13.3. The molecule has 1 aromatic carbocycles. The molecule has 0 saturated heterocycles. The van der Waals surface area contributed by atoms with Crippen molar-refractivity contribution in [3.63, 3.8) is 0 Å². The summed E-state index contributed by atoms with van der Waals surface area (Å²) in [6.07, 6.45) is 1.15. The van der Waals surface area contributed by atoms with Gasteiger partial charge < -0.3 is 5.32 Å². The molecule has 96 valence electrons. The van der Waals surface area contributed by atoms with Gasteiger partial charge >= 0.3 is 0 Å². The molecule has 0 saturated carbocycles. The summed E-state index contributed by atoms with van der Waals surface area (Å²) in [4.78, 5) is 0. The van der Waals surface area contributed by atoms with Crippen LogP contribution < -0.4 is 10.0 Å². The van der Waals surface area contributed by atoms with E-state index in [0.29, 0.717) is 19.6 Å². The van der Waals surface area contributed by atoms with Gasteiger partial charge in [0.25, 0.3) is 0 Å². The molecule has 17 heavy (non-hydrogen) atoms. The molecule has 1 rings (SSSR count). The fourth-order valence-corrected chi connectivity index (χ4v) is 2.35. The maximum atomic E-state index is 10.8. The van der Waals surface area contributed by atoms with E-state index in [4.69, 9.17) is 0 Å². The molecule has 0 atom stereocenters. The van der Waals surface area contributed by atoms with E-state index in [9.17, 15) is 8.42 Å². The van der Waals surface area contributed by atoms with Crippen LogP contribution in [0.15, 0.2) is 27.1 Å². The van der Waals surface area contributed by atoms with E-state index in [2.05, 4.69) is 41.9 Å². The van der Waals surface area contributed by atoms with Crippen LogP contribution in [-0.4, -0.2) is 27.8 Å². The Hall–Kier alpha value is 0.0500. The molecule has 0 spiro atoms. The lowest BCUT2D eigenvalue weighted by molar-refractivity contribution is 0.582. The van der Waals surface area contributed by atoms with Gasteiger partial charge in [-0.15, -0.1) is 0 Å². The molecule has 7 heteroatoms. The van der Waals surface area contributed by atoms with Crippen molar-refractivity contribution in [1.82, 2.24) is 10.0 Å². The summed E-state index contributed by atoms with van der Waals surface area (Å²) in [6, 6.07) is 5.99. The van der Waals surface area contributed by atoms with Crippen LogP contribution in [0, 0.1) is 0 Å². The molecule has 0 heterocycles. The van der Waals surface area contributed by atoms with E-state index in [1.165, 1.54) is 0 Å². The Morgan fingerprint density at radius 2 is 1.88 bits per heavy atom. The second kappa shape index (κ2) is 6.84. The van der Waals surface area contributed by atoms with Crippen LogP contribution in [0.2, 0.25) is 0 Å². The van der Waals surface area contributed by atoms with Crippen LogP contribution in [-0.2, 0) is 16.6 Å². The fraction of sp³-hybridized carbons (Fsp3) is 0.400. The van der Waals surface area contributed by atoms with Crippen LogP contribution in [0.5, 0.6) is 0 Å². The maximum Gasteiger partial charge on any atom is 0.208 e. The van der Waals surface area contributed by atoms with Crippen molar-refractivity contribution < 1.29 is 8.42 Å². The number of benzene rings is 1. The van der Waals surface area contributed by atoms with Gasteiger partial charge in [0.05, 0.1) is 6.26 Å². The van der Waals surface area contributed by atoms with Crippen molar-refractivity contribution in [2.24, 2.45) is 0 Å². The van der Waals surface area contributed by atoms with Crippen LogP contribution in [0.4, 0.5) is 0 Å². The third-order valence-corrected chi connectivity index (χ3v) is 4.59. The van der Waals surface area contributed by atoms with Crippen molar-refractivity contribution in [3.05, 3.63) is 32.7 Å². The van der Waals surface area contributed by atoms with Gasteiger partial charge in [-0.1, -0.05) is 6.07 Å². The van der Waals surface area contributed by atoms with Crippen LogP contribution in [0.25, 0.3) is 0 Å². The third kappa shape index (κ3) is 6.52. The normalized spacial score (nSPS) is 11.7. The standard InChI is InChI=1S/C10H14Br2N2O2S/c1-17(15,16)14-5-4-13-7-8-2-3-9(11)10(12)6-8/h2-3,6,13-14H,4-5,7H2,1H3. The zero-order valence-electron chi connectivity index (χ0n) is 9.33. The summed E-state index contributed by atoms with van der Waals surface area (Å²) in [5, 5.41) is 3.16. The first-order valence-electron chi connectivity index (χ1n) is 4.98. The molecule has 0 bridgehead atoms. The van der Waals surface area contributed by atoms with Gasteiger partial charge in [-0.3, -0.25) is 0 Å². The molecule has 0 amide bonds. The minimum atomic E-state index is -3.09. The van der Waals surface area contributed by atoms with Crippen molar-refractivity contribution in [2.45, 2.75) is 6.54 Å². The van der Waals surface area contributed by atoms with Gasteiger partial charge in [-0.05, 0) is 49.6 Å². The van der Waals surface area contributed by atoms with E-state index in [1.807, 2.05) is 18.2 Å². The van der Waals surface area contributed by atoms with Gasteiger partial charge in [-0.25, -0.2) is 13.1 Å². The van der Waals surface area contributed by atoms with Crippen molar-refractivity contribution >= 4 is 41.9 Å². The third-order valence-electron chi connectivity index (χ3n) is 1.98. The topological polar surface area (TPSA) is 58.2 Å². The Balaban J connectivity index is 2.29. The molecular formula is C10H14Br2N2O2S. The van der Waals surface area contributed by atoms with Gasteiger partial charge in [0.15, 0.2) is 0 Å². The average molecular weight is 386 g/mol. The summed E-state index contributed by atoms with van der Waals surface area (Å²) in [6.45, 7) is 1.70. The number of rotatable bonds is 6. The Morgan fingerprint density at radius 1 is 1.18 bits per heavy atom. The predicted molar refractivity (Wildman–Crippen MR) is 76.4 cm³/mol. The zero-order chi connectivity index (χ0) is 12.9. The van der Waals surface area contributed by atoms with E-state index in [-0.39, 0.29) is 0 Å². The molecule has 0 aromatic heterocycles. The summed E-state index contributed by atoms with van der Waals surface area (Å²) in [5.41, 5.74) is 1.14. The van der Waals surface area contributed by atoms with Gasteiger partial charge in [0.1, 0.15) is 0 Å². The summed E-state index contributed by atoms with van der Waals surface area (Å²) in [7, 11) is -3.09. The minimum Gasteiger partial charge on any atom is -0.311 e. The Bertz CT molecular complexity index is 477. The van der Waals surface area contributed by atoms with Gasteiger partial charge in [0, 0.05) is 28.6 Å². The lowest BCUT2D eigenvalue weighted by Crippen LogP contribution is -2.30.